The number of likely N-dealkylation sites (N-methyl/N-ethyl adjacent to an activating group) is 2. The Morgan fingerprint density at radius 2 is 2.29 bits per heavy atom. The van der Waals surface area contributed by atoms with Gasteiger partial charge in [-0.2, -0.15) is 5.10 Å². The zero-order valence-corrected chi connectivity index (χ0v) is 13.2. The summed E-state index contributed by atoms with van der Waals surface area (Å²) in [6.45, 7) is 2.82. The van der Waals surface area contributed by atoms with Crippen LogP contribution in [0.4, 0.5) is 5.69 Å². The lowest BCUT2D eigenvalue weighted by Crippen LogP contribution is -2.36. The molecule has 21 heavy (non-hydrogen) atoms. The van der Waals surface area contributed by atoms with Gasteiger partial charge < -0.3 is 10.2 Å². The monoisotopic (exact) mass is 291 g/mol. The molecule has 1 aromatic heterocycles. The number of carbonyl (C=O) groups excluding carboxylic acids is 1. The van der Waals surface area contributed by atoms with Crippen LogP contribution >= 0.6 is 0 Å². The van der Waals surface area contributed by atoms with Crippen LogP contribution in [0.5, 0.6) is 0 Å². The van der Waals surface area contributed by atoms with E-state index in [2.05, 4.69) is 27.3 Å². The maximum atomic E-state index is 12.4. The molecule has 6 heteroatoms. The highest BCUT2D eigenvalue weighted by Gasteiger charge is 2.52. The Hall–Kier alpha value is -1.40. The molecule has 6 nitrogen and oxygen atoms in total. The van der Waals surface area contributed by atoms with Gasteiger partial charge in [-0.25, -0.2) is 0 Å². The highest BCUT2D eigenvalue weighted by Crippen LogP contribution is 2.54. The summed E-state index contributed by atoms with van der Waals surface area (Å²) in [4.78, 5) is 16.7. The molecule has 1 aliphatic carbocycles. The fraction of sp³-hybridized carbons (Fsp3) is 0.733. The molecule has 1 amide bonds. The van der Waals surface area contributed by atoms with Crippen LogP contribution in [-0.2, 0) is 11.3 Å². The lowest BCUT2D eigenvalue weighted by atomic mass is 10.0. The number of hydrogen-bond acceptors (Lipinski definition) is 4. The van der Waals surface area contributed by atoms with Crippen LogP contribution < -0.4 is 5.32 Å². The average Bonchev–Trinajstić information content (AvgIpc) is 2.87. The Labute approximate surface area is 126 Å². The third kappa shape index (κ3) is 3.27. The molecule has 3 rings (SSSR count). The van der Waals surface area contributed by atoms with Gasteiger partial charge >= 0.3 is 0 Å². The Kier molecular flexibility index (Phi) is 3.75. The summed E-state index contributed by atoms with van der Waals surface area (Å²) in [5.41, 5.74) is 1.25. The van der Waals surface area contributed by atoms with Crippen molar-refractivity contribution in [1.82, 2.24) is 19.6 Å². The number of nitrogens with zero attached hydrogens (tertiary/aromatic N) is 4. The first kappa shape index (κ1) is 14.5. The minimum Gasteiger partial charge on any atom is -0.322 e. The Balaban J connectivity index is 1.55. The quantitative estimate of drug-likeness (QED) is 0.874. The molecule has 2 aliphatic rings. The third-order valence-electron chi connectivity index (χ3n) is 4.68. The summed E-state index contributed by atoms with van der Waals surface area (Å²) in [6.07, 6.45) is 7.20. The van der Waals surface area contributed by atoms with Crippen molar-refractivity contribution in [2.75, 3.05) is 39.5 Å². The average molecular weight is 291 g/mol. The van der Waals surface area contributed by atoms with Crippen LogP contribution in [0, 0.1) is 5.41 Å². The number of nitrogens with one attached hydrogen (secondary N) is 1. The van der Waals surface area contributed by atoms with Gasteiger partial charge in [0.25, 0.3) is 0 Å². The van der Waals surface area contributed by atoms with Crippen LogP contribution in [0.1, 0.15) is 19.3 Å². The summed E-state index contributed by atoms with van der Waals surface area (Å²) < 4.78 is 1.87. The van der Waals surface area contributed by atoms with Crippen molar-refractivity contribution in [2.45, 2.75) is 31.8 Å². The normalized spacial score (nSPS) is 23.9. The van der Waals surface area contributed by atoms with Crippen molar-refractivity contribution in [1.29, 1.82) is 0 Å². The molecule has 1 atom stereocenters. The van der Waals surface area contributed by atoms with Crippen LogP contribution in [0.2, 0.25) is 0 Å². The molecular formula is C15H25N5O. The molecule has 116 valence electrons. The molecule has 0 radical (unpaired) electrons. The van der Waals surface area contributed by atoms with Crippen molar-refractivity contribution in [2.24, 2.45) is 5.41 Å². The number of rotatable bonds is 5. The van der Waals surface area contributed by atoms with E-state index >= 15 is 0 Å². The van der Waals surface area contributed by atoms with E-state index in [1.807, 2.05) is 25.0 Å². The molecule has 1 N–H and O–H groups in total. The molecule has 0 aromatic carbocycles. The topological polar surface area (TPSA) is 53.4 Å². The highest BCUT2D eigenvalue weighted by atomic mass is 16.2. The first-order valence-electron chi connectivity index (χ1n) is 7.66. The van der Waals surface area contributed by atoms with Crippen molar-refractivity contribution in [3.05, 3.63) is 12.4 Å². The molecular weight excluding hydrogens is 266 g/mol. The molecule has 2 heterocycles. The molecule has 1 aromatic rings. The Morgan fingerprint density at radius 3 is 2.90 bits per heavy atom. The molecule has 1 saturated carbocycles. The molecule has 1 spiro atoms. The third-order valence-corrected chi connectivity index (χ3v) is 4.68. The second kappa shape index (κ2) is 5.42. The Bertz CT molecular complexity index is 520. The molecule has 0 bridgehead atoms. The van der Waals surface area contributed by atoms with E-state index in [4.69, 9.17) is 0 Å². The zero-order chi connectivity index (χ0) is 15.0. The lowest BCUT2D eigenvalue weighted by molar-refractivity contribution is -0.120. The number of anilines is 1. The van der Waals surface area contributed by atoms with Crippen molar-refractivity contribution in [3.63, 3.8) is 0 Å². The van der Waals surface area contributed by atoms with Crippen LogP contribution in [0.15, 0.2) is 12.4 Å². The predicted molar refractivity (Wildman–Crippen MR) is 82.1 cm³/mol. The van der Waals surface area contributed by atoms with Gasteiger partial charge in [-0.1, -0.05) is 0 Å². The van der Waals surface area contributed by atoms with Gasteiger partial charge in [0.2, 0.25) is 5.91 Å². The van der Waals surface area contributed by atoms with Gasteiger partial charge in [0, 0.05) is 19.3 Å². The van der Waals surface area contributed by atoms with Gasteiger partial charge in [-0.05, 0) is 45.8 Å². The van der Waals surface area contributed by atoms with E-state index < -0.39 is 0 Å². The minimum absolute atomic E-state index is 0.0117. The van der Waals surface area contributed by atoms with E-state index in [9.17, 15) is 4.79 Å². The summed E-state index contributed by atoms with van der Waals surface area (Å²) in [5, 5.41) is 7.30. The molecule has 1 aliphatic heterocycles. The van der Waals surface area contributed by atoms with Crippen LogP contribution in [0.25, 0.3) is 0 Å². The fourth-order valence-electron chi connectivity index (χ4n) is 3.18. The van der Waals surface area contributed by atoms with E-state index in [0.717, 1.165) is 31.7 Å². The summed E-state index contributed by atoms with van der Waals surface area (Å²) >= 11 is 0. The summed E-state index contributed by atoms with van der Waals surface area (Å²) in [7, 11) is 6.13. The van der Waals surface area contributed by atoms with Crippen molar-refractivity contribution < 1.29 is 4.79 Å². The largest absolute Gasteiger partial charge is 0.322 e. The van der Waals surface area contributed by atoms with E-state index in [-0.39, 0.29) is 11.9 Å². The van der Waals surface area contributed by atoms with Crippen molar-refractivity contribution >= 4 is 11.6 Å². The molecule has 1 saturated heterocycles. The van der Waals surface area contributed by atoms with E-state index in [1.54, 1.807) is 6.20 Å². The maximum absolute atomic E-state index is 12.4. The first-order chi connectivity index (χ1) is 9.97. The van der Waals surface area contributed by atoms with E-state index in [1.165, 1.54) is 12.8 Å². The number of aromatic nitrogens is 2. The number of likely N-dealkylation sites (tertiary alicyclic amines) is 1. The van der Waals surface area contributed by atoms with Gasteiger partial charge in [0.1, 0.15) is 0 Å². The zero-order valence-electron chi connectivity index (χ0n) is 13.2. The fourth-order valence-corrected chi connectivity index (χ4v) is 3.18. The SMILES string of the molecule is CN(C)CCn1cc(NC(=O)[C@@H]2CC3(CC3)CN2C)cn1. The van der Waals surface area contributed by atoms with E-state index in [0.29, 0.717) is 5.41 Å². The second-order valence-corrected chi connectivity index (χ2v) is 6.92. The molecule has 2 fully saturated rings. The Morgan fingerprint density at radius 1 is 1.52 bits per heavy atom. The number of amides is 1. The number of carbonyl (C=O) groups is 1. The minimum atomic E-state index is 0.0117. The lowest BCUT2D eigenvalue weighted by Gasteiger charge is -2.17. The smallest absolute Gasteiger partial charge is 0.241 e. The second-order valence-electron chi connectivity index (χ2n) is 6.92. The van der Waals surface area contributed by atoms with Gasteiger partial charge in [-0.3, -0.25) is 14.4 Å². The van der Waals surface area contributed by atoms with Gasteiger partial charge in [-0.15, -0.1) is 0 Å². The summed E-state index contributed by atoms with van der Waals surface area (Å²) in [6, 6.07) is 0.0117. The molecule has 0 unspecified atom stereocenters. The van der Waals surface area contributed by atoms with Crippen LogP contribution in [-0.4, -0.2) is 65.8 Å². The predicted octanol–water partition coefficient (Wildman–Crippen LogP) is 0.868. The first-order valence-corrected chi connectivity index (χ1v) is 7.66. The summed E-state index contributed by atoms with van der Waals surface area (Å²) in [5.74, 6) is 0.105. The number of hydrogen-bond donors (Lipinski definition) is 1. The van der Waals surface area contributed by atoms with Crippen LogP contribution in [0.3, 0.4) is 0 Å². The maximum Gasteiger partial charge on any atom is 0.241 e. The van der Waals surface area contributed by atoms with Crippen molar-refractivity contribution in [3.8, 4) is 0 Å². The standard InChI is InChI=1S/C15H25N5O/c1-18(2)6-7-20-10-12(9-16-20)17-14(21)13-8-15(4-5-15)11-19(13)3/h9-10,13H,4-8,11H2,1-3H3,(H,17,21)/t13-/m0/s1. The van der Waals surface area contributed by atoms with Gasteiger partial charge in [0.05, 0.1) is 24.5 Å². The highest BCUT2D eigenvalue weighted by molar-refractivity contribution is 5.94. The van der Waals surface area contributed by atoms with Gasteiger partial charge in [0.15, 0.2) is 0 Å².